The van der Waals surface area contributed by atoms with Crippen molar-refractivity contribution in [3.63, 3.8) is 0 Å². The molecule has 0 spiro atoms. The summed E-state index contributed by atoms with van der Waals surface area (Å²) in [5.74, 6) is 1.18. The molecule has 0 bridgehead atoms. The molecular formula is C12H10BrClN2O. The maximum Gasteiger partial charge on any atom is 0.237 e. The molecule has 88 valence electrons. The van der Waals surface area contributed by atoms with Gasteiger partial charge in [-0.1, -0.05) is 12.1 Å². The Balaban J connectivity index is 2.37. The lowest BCUT2D eigenvalue weighted by Gasteiger charge is -2.09. The van der Waals surface area contributed by atoms with Crippen LogP contribution in [0.15, 0.2) is 28.9 Å². The first kappa shape index (κ1) is 12.3. The number of nitrogens with zero attached hydrogens (tertiary/aromatic N) is 2. The van der Waals surface area contributed by atoms with Crippen LogP contribution in [0, 0.1) is 13.8 Å². The van der Waals surface area contributed by atoms with E-state index in [1.807, 2.05) is 32.0 Å². The maximum absolute atomic E-state index is 5.73. The number of hydrogen-bond acceptors (Lipinski definition) is 3. The molecule has 0 atom stereocenters. The number of aryl methyl sites for hydroxylation is 2. The topological polar surface area (TPSA) is 35.0 Å². The molecule has 0 amide bonds. The van der Waals surface area contributed by atoms with E-state index in [0.717, 1.165) is 16.9 Å². The molecule has 1 aromatic heterocycles. The van der Waals surface area contributed by atoms with Crippen LogP contribution in [0.3, 0.4) is 0 Å². The number of hydrogen-bond donors (Lipinski definition) is 0. The number of halogens is 2. The lowest BCUT2D eigenvalue weighted by molar-refractivity contribution is 0.454. The van der Waals surface area contributed by atoms with Crippen molar-refractivity contribution >= 4 is 27.5 Å². The zero-order valence-corrected chi connectivity index (χ0v) is 11.7. The Kier molecular flexibility index (Phi) is 3.64. The molecule has 3 nitrogen and oxygen atoms in total. The Morgan fingerprint density at radius 2 is 2.06 bits per heavy atom. The van der Waals surface area contributed by atoms with Gasteiger partial charge in [-0.05, 0) is 58.6 Å². The maximum atomic E-state index is 5.73. The molecule has 2 rings (SSSR count). The summed E-state index contributed by atoms with van der Waals surface area (Å²) < 4.78 is 6.39. The zero-order chi connectivity index (χ0) is 12.4. The van der Waals surface area contributed by atoms with Gasteiger partial charge in [0.2, 0.25) is 11.2 Å². The van der Waals surface area contributed by atoms with E-state index in [1.165, 1.54) is 0 Å². The summed E-state index contributed by atoms with van der Waals surface area (Å²) >= 11 is 9.05. The molecule has 5 heteroatoms. The van der Waals surface area contributed by atoms with Gasteiger partial charge in [-0.15, -0.1) is 0 Å². The highest BCUT2D eigenvalue weighted by Crippen LogP contribution is 2.30. The highest BCUT2D eigenvalue weighted by atomic mass is 79.9. The van der Waals surface area contributed by atoms with Crippen molar-refractivity contribution in [2.75, 3.05) is 0 Å². The zero-order valence-electron chi connectivity index (χ0n) is 9.37. The molecule has 0 aliphatic carbocycles. The predicted molar refractivity (Wildman–Crippen MR) is 70.7 cm³/mol. The van der Waals surface area contributed by atoms with Crippen molar-refractivity contribution in [1.29, 1.82) is 0 Å². The summed E-state index contributed by atoms with van der Waals surface area (Å²) in [6.07, 6.45) is 1.57. The van der Waals surface area contributed by atoms with E-state index in [4.69, 9.17) is 16.3 Å². The minimum absolute atomic E-state index is 0.161. The van der Waals surface area contributed by atoms with E-state index in [-0.39, 0.29) is 5.28 Å². The molecular weight excluding hydrogens is 304 g/mol. The van der Waals surface area contributed by atoms with Gasteiger partial charge in [0.05, 0.1) is 4.47 Å². The number of rotatable bonds is 2. The van der Waals surface area contributed by atoms with Gasteiger partial charge in [0.15, 0.2) is 0 Å². The highest BCUT2D eigenvalue weighted by molar-refractivity contribution is 9.10. The average molecular weight is 314 g/mol. The second-order valence-corrected chi connectivity index (χ2v) is 4.86. The van der Waals surface area contributed by atoms with Gasteiger partial charge in [-0.25, -0.2) is 4.98 Å². The third kappa shape index (κ3) is 2.96. The molecule has 0 radical (unpaired) electrons. The van der Waals surface area contributed by atoms with Crippen molar-refractivity contribution in [1.82, 2.24) is 9.97 Å². The standard InChI is InChI=1S/C12H10BrClN2O/c1-7-3-4-8(2)10(5-7)17-11-9(13)6-15-12(14)16-11/h3-6H,1-2H3. The number of benzene rings is 1. The number of ether oxygens (including phenoxy) is 1. The molecule has 0 unspecified atom stereocenters. The van der Waals surface area contributed by atoms with E-state index < -0.39 is 0 Å². The van der Waals surface area contributed by atoms with Crippen molar-refractivity contribution in [2.45, 2.75) is 13.8 Å². The molecule has 0 saturated heterocycles. The third-order valence-electron chi connectivity index (χ3n) is 2.23. The van der Waals surface area contributed by atoms with Gasteiger partial charge in [0.25, 0.3) is 0 Å². The summed E-state index contributed by atoms with van der Waals surface area (Å²) in [5.41, 5.74) is 2.17. The van der Waals surface area contributed by atoms with E-state index >= 15 is 0 Å². The van der Waals surface area contributed by atoms with E-state index in [1.54, 1.807) is 6.20 Å². The van der Waals surface area contributed by atoms with E-state index in [0.29, 0.717) is 10.4 Å². The van der Waals surface area contributed by atoms with Crippen LogP contribution in [0.2, 0.25) is 5.28 Å². The molecule has 0 aliphatic rings. The summed E-state index contributed by atoms with van der Waals surface area (Å²) in [5, 5.41) is 0.161. The Morgan fingerprint density at radius 1 is 1.29 bits per heavy atom. The highest BCUT2D eigenvalue weighted by Gasteiger charge is 2.08. The summed E-state index contributed by atoms with van der Waals surface area (Å²) in [4.78, 5) is 7.87. The average Bonchev–Trinajstić information content (AvgIpc) is 2.28. The Hall–Kier alpha value is -1.13. The SMILES string of the molecule is Cc1ccc(C)c(Oc2nc(Cl)ncc2Br)c1. The molecule has 17 heavy (non-hydrogen) atoms. The molecule has 2 aromatic rings. The van der Waals surface area contributed by atoms with Crippen molar-refractivity contribution in [3.05, 3.63) is 45.3 Å². The molecule has 0 aliphatic heterocycles. The minimum atomic E-state index is 0.161. The largest absolute Gasteiger partial charge is 0.437 e. The van der Waals surface area contributed by atoms with Gasteiger partial charge in [-0.2, -0.15) is 4.98 Å². The first-order valence-corrected chi connectivity index (χ1v) is 6.16. The Bertz CT molecular complexity index is 511. The number of aromatic nitrogens is 2. The smallest absolute Gasteiger partial charge is 0.237 e. The van der Waals surface area contributed by atoms with Crippen LogP contribution in [0.4, 0.5) is 0 Å². The first-order valence-electron chi connectivity index (χ1n) is 4.99. The second-order valence-electron chi connectivity index (χ2n) is 3.66. The van der Waals surface area contributed by atoms with Crippen LogP contribution in [0.25, 0.3) is 0 Å². The third-order valence-corrected chi connectivity index (χ3v) is 2.96. The normalized spacial score (nSPS) is 10.4. The van der Waals surface area contributed by atoms with Crippen molar-refractivity contribution in [3.8, 4) is 11.6 Å². The van der Waals surface area contributed by atoms with E-state index in [9.17, 15) is 0 Å². The lowest BCUT2D eigenvalue weighted by atomic mass is 10.1. The van der Waals surface area contributed by atoms with Crippen LogP contribution in [0.1, 0.15) is 11.1 Å². The van der Waals surface area contributed by atoms with E-state index in [2.05, 4.69) is 25.9 Å². The van der Waals surface area contributed by atoms with Crippen molar-refractivity contribution < 1.29 is 4.74 Å². The Labute approximate surface area is 113 Å². The summed E-state index contributed by atoms with van der Waals surface area (Å²) in [6.45, 7) is 3.99. The fraction of sp³-hybridized carbons (Fsp3) is 0.167. The fourth-order valence-corrected chi connectivity index (χ4v) is 1.72. The van der Waals surface area contributed by atoms with Gasteiger partial charge >= 0.3 is 0 Å². The molecule has 0 N–H and O–H groups in total. The monoisotopic (exact) mass is 312 g/mol. The minimum Gasteiger partial charge on any atom is -0.437 e. The van der Waals surface area contributed by atoms with Gasteiger partial charge in [0.1, 0.15) is 5.75 Å². The lowest BCUT2D eigenvalue weighted by Crippen LogP contribution is -1.93. The van der Waals surface area contributed by atoms with Crippen LogP contribution in [-0.2, 0) is 0 Å². The molecule has 1 aromatic carbocycles. The summed E-state index contributed by atoms with van der Waals surface area (Å²) in [6, 6.07) is 5.99. The predicted octanol–water partition coefficient (Wildman–Crippen LogP) is 4.30. The molecule has 1 heterocycles. The summed E-state index contributed by atoms with van der Waals surface area (Å²) in [7, 11) is 0. The Morgan fingerprint density at radius 3 is 2.82 bits per heavy atom. The van der Waals surface area contributed by atoms with Gasteiger partial charge in [0, 0.05) is 6.20 Å². The fourth-order valence-electron chi connectivity index (χ4n) is 1.32. The van der Waals surface area contributed by atoms with Gasteiger partial charge < -0.3 is 4.74 Å². The first-order chi connectivity index (χ1) is 8.06. The van der Waals surface area contributed by atoms with Crippen molar-refractivity contribution in [2.24, 2.45) is 0 Å². The van der Waals surface area contributed by atoms with Crippen LogP contribution < -0.4 is 4.74 Å². The van der Waals surface area contributed by atoms with Crippen LogP contribution in [0.5, 0.6) is 11.6 Å². The quantitative estimate of drug-likeness (QED) is 0.775. The van der Waals surface area contributed by atoms with Gasteiger partial charge in [-0.3, -0.25) is 0 Å². The second kappa shape index (κ2) is 5.02. The molecule has 0 saturated carbocycles. The van der Waals surface area contributed by atoms with Crippen LogP contribution in [-0.4, -0.2) is 9.97 Å². The van der Waals surface area contributed by atoms with Crippen LogP contribution >= 0.6 is 27.5 Å². The molecule has 0 fully saturated rings.